The highest BCUT2D eigenvalue weighted by atomic mass is 32.1. The number of aliphatic imine (C=N–C) groups is 1. The van der Waals surface area contributed by atoms with E-state index >= 15 is 0 Å². The van der Waals surface area contributed by atoms with Crippen LogP contribution in [0.3, 0.4) is 0 Å². The van der Waals surface area contributed by atoms with E-state index in [1.165, 1.54) is 26.1 Å². The molecule has 7 N–H and O–H groups in total. The van der Waals surface area contributed by atoms with Crippen molar-refractivity contribution < 1.29 is 25.5 Å². The first-order valence-electron chi connectivity index (χ1n) is 13.4. The number of rotatable bonds is 6. The second-order valence-corrected chi connectivity index (χ2v) is 11.2. The first-order chi connectivity index (χ1) is 20.3. The van der Waals surface area contributed by atoms with Crippen LogP contribution in [0.4, 0.5) is 0 Å². The number of hydrogen-bond donors (Lipinski definition) is 6. The molecule has 6 rings (SSSR count). The molecule has 1 heterocycles. The summed E-state index contributed by atoms with van der Waals surface area (Å²) in [7, 11) is 0. The first-order valence-corrected chi connectivity index (χ1v) is 14.2. The molecule has 1 aliphatic carbocycles. The van der Waals surface area contributed by atoms with E-state index in [4.69, 9.17) is 10.7 Å². The molecule has 210 valence electrons. The van der Waals surface area contributed by atoms with Gasteiger partial charge in [0.1, 0.15) is 5.84 Å². The first kappa shape index (κ1) is 27.0. The zero-order chi connectivity index (χ0) is 29.4. The van der Waals surface area contributed by atoms with E-state index in [1.807, 2.05) is 41.7 Å². The van der Waals surface area contributed by atoms with Crippen LogP contribution in [0.1, 0.15) is 33.6 Å². The van der Waals surface area contributed by atoms with E-state index in [2.05, 4.69) is 36.4 Å². The molecule has 0 radical (unpaired) electrons. The maximum atomic E-state index is 10.3. The molecule has 0 spiro atoms. The lowest BCUT2D eigenvalue weighted by atomic mass is 9.97. The van der Waals surface area contributed by atoms with Gasteiger partial charge < -0.3 is 31.3 Å². The molecule has 0 saturated carbocycles. The molecule has 8 heteroatoms. The van der Waals surface area contributed by atoms with Crippen molar-refractivity contribution in [2.45, 2.75) is 19.3 Å². The predicted octanol–water partition coefficient (Wildman–Crippen LogP) is 7.04. The lowest BCUT2D eigenvalue weighted by molar-refractivity contribution is 0.330. The molecule has 42 heavy (non-hydrogen) atoms. The summed E-state index contributed by atoms with van der Waals surface area (Å²) in [5, 5.41) is 51.4. The van der Waals surface area contributed by atoms with Crippen LogP contribution in [0.15, 0.2) is 89.9 Å². The van der Waals surface area contributed by atoms with Crippen molar-refractivity contribution in [2.24, 2.45) is 10.7 Å². The molecule has 0 atom stereocenters. The Kier molecular flexibility index (Phi) is 7.06. The number of allylic oxidation sites excluding steroid dienone is 2. The van der Waals surface area contributed by atoms with Gasteiger partial charge in [-0.25, -0.2) is 4.99 Å². The van der Waals surface area contributed by atoms with Crippen molar-refractivity contribution in [3.05, 3.63) is 112 Å². The fraction of sp³-hybridized carbons (Fsp3) is 0.0882. The van der Waals surface area contributed by atoms with Crippen molar-refractivity contribution in [1.82, 2.24) is 0 Å². The molecule has 1 aromatic heterocycles. The minimum atomic E-state index is -1.01. The summed E-state index contributed by atoms with van der Waals surface area (Å²) in [4.78, 5) is 6.22. The summed E-state index contributed by atoms with van der Waals surface area (Å²) in [6.45, 7) is 0. The van der Waals surface area contributed by atoms with Gasteiger partial charge in [0.15, 0.2) is 11.5 Å². The number of nitrogens with two attached hydrogens (primary N) is 1. The van der Waals surface area contributed by atoms with Crippen LogP contribution in [-0.2, 0) is 12.8 Å². The number of amidine groups is 1. The van der Waals surface area contributed by atoms with Crippen LogP contribution in [-0.4, -0.2) is 31.4 Å². The standard InChI is InChI=1S/C34H28N2O5S/c35-34(22-15-13-21(14-16-22)28-29(37)31(39)33(41)32(40)30(28)38)36-24(19-7-2-1-3-8-19)18-17-20-9-6-12-26-27(20)23-10-4-5-11-25(23)42-26/h1-4,6-10,12-16,18,37-41H,5,11,17H2,(H2,35,36)/b24-18-. The van der Waals surface area contributed by atoms with Crippen LogP contribution < -0.4 is 5.73 Å². The van der Waals surface area contributed by atoms with Crippen molar-refractivity contribution in [3.63, 3.8) is 0 Å². The number of benzene rings is 4. The number of fused-ring (bicyclic) bond motifs is 3. The number of aromatic hydroxyl groups is 5. The molecular weight excluding hydrogens is 548 g/mol. The summed E-state index contributed by atoms with van der Waals surface area (Å²) in [6.07, 6.45) is 9.38. The fourth-order valence-electron chi connectivity index (χ4n) is 5.25. The van der Waals surface area contributed by atoms with Crippen molar-refractivity contribution in [1.29, 1.82) is 0 Å². The predicted molar refractivity (Wildman–Crippen MR) is 168 cm³/mol. The fourth-order valence-corrected chi connectivity index (χ4v) is 6.50. The third-order valence-corrected chi connectivity index (χ3v) is 8.63. The largest absolute Gasteiger partial charge is 0.504 e. The van der Waals surface area contributed by atoms with Gasteiger partial charge >= 0.3 is 0 Å². The monoisotopic (exact) mass is 576 g/mol. The molecule has 0 bridgehead atoms. The van der Waals surface area contributed by atoms with Gasteiger partial charge in [0.25, 0.3) is 0 Å². The number of aryl methyl sites for hydroxylation is 1. The number of hydrogen-bond acceptors (Lipinski definition) is 7. The third-order valence-electron chi connectivity index (χ3n) is 7.40. The number of phenols is 5. The van der Waals surface area contributed by atoms with Gasteiger partial charge in [0.2, 0.25) is 17.2 Å². The van der Waals surface area contributed by atoms with E-state index in [-0.39, 0.29) is 17.0 Å². The molecule has 0 saturated heterocycles. The van der Waals surface area contributed by atoms with Crippen molar-refractivity contribution >= 4 is 39.0 Å². The zero-order valence-corrected chi connectivity index (χ0v) is 23.3. The average molecular weight is 577 g/mol. The molecule has 0 aliphatic heterocycles. The lowest BCUT2D eigenvalue weighted by Gasteiger charge is -2.13. The number of phenolic OH excluding ortho intramolecular Hbond substituents is 5. The van der Waals surface area contributed by atoms with Crippen molar-refractivity contribution in [3.8, 4) is 39.9 Å². The number of nitrogens with zero attached hydrogens (tertiary/aromatic N) is 1. The maximum absolute atomic E-state index is 10.3. The van der Waals surface area contributed by atoms with E-state index in [9.17, 15) is 25.5 Å². The van der Waals surface area contributed by atoms with Crippen molar-refractivity contribution in [2.75, 3.05) is 0 Å². The lowest BCUT2D eigenvalue weighted by Crippen LogP contribution is -2.13. The molecule has 0 fully saturated rings. The van der Waals surface area contributed by atoms with E-state index < -0.39 is 28.7 Å². The SMILES string of the molecule is NC(=N/C(=C\Cc1cccc2sc3c(c12)C=CCC3)c1ccccc1)c1ccc(-c2c(O)c(O)c(O)c(O)c2O)cc1. The highest BCUT2D eigenvalue weighted by Crippen LogP contribution is 2.54. The van der Waals surface area contributed by atoms with Crippen LogP contribution in [0, 0.1) is 0 Å². The molecular formula is C34H28N2O5S. The smallest absolute Gasteiger partial charge is 0.208 e. The Bertz CT molecular complexity index is 1880. The van der Waals surface area contributed by atoms with Gasteiger partial charge in [-0.05, 0) is 47.6 Å². The van der Waals surface area contributed by atoms with Crippen LogP contribution in [0.2, 0.25) is 0 Å². The summed E-state index contributed by atoms with van der Waals surface area (Å²) in [5.74, 6) is -4.13. The van der Waals surface area contributed by atoms with Crippen LogP contribution in [0.5, 0.6) is 28.7 Å². The highest BCUT2D eigenvalue weighted by molar-refractivity contribution is 7.19. The maximum Gasteiger partial charge on any atom is 0.208 e. The van der Waals surface area contributed by atoms with E-state index in [0.717, 1.165) is 24.1 Å². The molecule has 4 aromatic carbocycles. The Hall–Kier alpha value is -5.21. The topological polar surface area (TPSA) is 140 Å². The second kappa shape index (κ2) is 11.0. The molecule has 0 unspecified atom stereocenters. The van der Waals surface area contributed by atoms with E-state index in [1.54, 1.807) is 24.3 Å². The van der Waals surface area contributed by atoms with E-state index in [0.29, 0.717) is 12.0 Å². The Morgan fingerprint density at radius 3 is 2.19 bits per heavy atom. The normalized spacial score (nSPS) is 13.4. The van der Waals surface area contributed by atoms with Gasteiger partial charge in [-0.1, -0.05) is 85.0 Å². The summed E-state index contributed by atoms with van der Waals surface area (Å²) >= 11 is 1.86. The quantitative estimate of drug-likeness (QED) is 0.0554. The average Bonchev–Trinajstić information content (AvgIpc) is 3.41. The van der Waals surface area contributed by atoms with Gasteiger partial charge in [0.05, 0.1) is 11.3 Å². The summed E-state index contributed by atoms with van der Waals surface area (Å²) in [6, 6.07) is 22.7. The van der Waals surface area contributed by atoms with Crippen LogP contribution >= 0.6 is 11.3 Å². The van der Waals surface area contributed by atoms with Gasteiger partial charge in [-0.15, -0.1) is 11.3 Å². The Morgan fingerprint density at radius 2 is 1.48 bits per heavy atom. The Morgan fingerprint density at radius 1 is 0.786 bits per heavy atom. The Labute approximate surface area is 246 Å². The minimum absolute atomic E-state index is 0.227. The minimum Gasteiger partial charge on any atom is -0.504 e. The van der Waals surface area contributed by atoms with Gasteiger partial charge in [-0.2, -0.15) is 0 Å². The highest BCUT2D eigenvalue weighted by Gasteiger charge is 2.24. The summed E-state index contributed by atoms with van der Waals surface area (Å²) in [5.41, 5.74) is 11.3. The number of thiophene rings is 1. The summed E-state index contributed by atoms with van der Waals surface area (Å²) < 4.78 is 1.29. The van der Waals surface area contributed by atoms with Crippen LogP contribution in [0.25, 0.3) is 33.0 Å². The zero-order valence-electron chi connectivity index (χ0n) is 22.5. The molecule has 0 amide bonds. The second-order valence-electron chi connectivity index (χ2n) is 10.0. The van der Waals surface area contributed by atoms with Gasteiger partial charge in [-0.3, -0.25) is 0 Å². The van der Waals surface area contributed by atoms with Gasteiger partial charge in [0, 0.05) is 20.5 Å². The molecule has 5 aromatic rings. The third kappa shape index (κ3) is 4.82. The Balaban J connectivity index is 1.36. The molecule has 1 aliphatic rings. The molecule has 7 nitrogen and oxygen atoms in total.